The predicted octanol–water partition coefficient (Wildman–Crippen LogP) is 7.53. The first-order chi connectivity index (χ1) is 19.2. The van der Waals surface area contributed by atoms with Gasteiger partial charge in [0, 0.05) is 11.5 Å². The zero-order valence-corrected chi connectivity index (χ0v) is 26.5. The largest absolute Gasteiger partial charge is 0.466 e. The molecule has 2 aromatic rings. The summed E-state index contributed by atoms with van der Waals surface area (Å²) in [6.45, 7) is 18.7. The lowest BCUT2D eigenvalue weighted by Crippen LogP contribution is -2.66. The van der Waals surface area contributed by atoms with Crippen molar-refractivity contribution in [2.45, 2.75) is 85.4 Å². The van der Waals surface area contributed by atoms with Crippen molar-refractivity contribution in [2.24, 2.45) is 11.8 Å². The third kappa shape index (κ3) is 9.43. The first-order valence-electron chi connectivity index (χ1n) is 14.7. The maximum atomic E-state index is 12.2. The molecule has 0 bridgehead atoms. The van der Waals surface area contributed by atoms with E-state index in [1.54, 1.807) is 6.92 Å². The lowest BCUT2D eigenvalue weighted by atomic mass is 9.97. The van der Waals surface area contributed by atoms with Crippen molar-refractivity contribution in [3.63, 3.8) is 0 Å². The molecule has 0 aliphatic carbocycles. The summed E-state index contributed by atoms with van der Waals surface area (Å²) >= 11 is 0. The maximum absolute atomic E-state index is 12.2. The average Bonchev–Trinajstić information content (AvgIpc) is 2.97. The van der Waals surface area contributed by atoms with E-state index in [4.69, 9.17) is 13.6 Å². The molecule has 0 amide bonds. The summed E-state index contributed by atoms with van der Waals surface area (Å²) in [6, 6.07) is 20.7. The van der Waals surface area contributed by atoms with E-state index in [0.717, 1.165) is 28.8 Å². The van der Waals surface area contributed by atoms with Crippen molar-refractivity contribution in [2.75, 3.05) is 7.11 Å². The molecule has 0 spiro atoms. The van der Waals surface area contributed by atoms with Crippen LogP contribution in [0.25, 0.3) is 0 Å². The molecular formula is C35H50O4Si. The van der Waals surface area contributed by atoms with Gasteiger partial charge in [0.2, 0.25) is 0 Å². The second kappa shape index (κ2) is 17.2. The number of esters is 1. The van der Waals surface area contributed by atoms with Crippen LogP contribution in [0.2, 0.25) is 0 Å². The Morgan fingerprint density at radius 1 is 0.875 bits per heavy atom. The third-order valence-corrected chi connectivity index (χ3v) is 10.9. The fraction of sp³-hybridized carbons (Fsp3) is 0.457. The number of carbonyl (C=O) groups is 1. The Bertz CT molecular complexity index is 1040. The molecule has 0 heterocycles. The Morgan fingerprint density at radius 2 is 1.43 bits per heavy atom. The minimum atomic E-state index is -3.29. The van der Waals surface area contributed by atoms with E-state index in [0.29, 0.717) is 5.57 Å². The highest BCUT2D eigenvalue weighted by Crippen LogP contribution is 2.28. The number of benzene rings is 2. The summed E-state index contributed by atoms with van der Waals surface area (Å²) in [5.41, 5.74) is 1.42. The summed E-state index contributed by atoms with van der Waals surface area (Å²) < 4.78 is 19.6. The molecule has 0 aliphatic rings. The minimum absolute atomic E-state index is 0.0559. The highest BCUT2D eigenvalue weighted by molar-refractivity contribution is 6.92. The highest BCUT2D eigenvalue weighted by Gasteiger charge is 2.47. The van der Waals surface area contributed by atoms with Gasteiger partial charge in [-0.2, -0.15) is 0 Å². The van der Waals surface area contributed by atoms with Crippen LogP contribution in [0.5, 0.6) is 0 Å². The van der Waals surface area contributed by atoms with Gasteiger partial charge in [-0.15, -0.1) is 6.58 Å². The second-order valence-electron chi connectivity index (χ2n) is 10.9. The molecule has 218 valence electrons. The van der Waals surface area contributed by atoms with Crippen LogP contribution in [0, 0.1) is 11.8 Å². The first kappa shape index (κ1) is 33.5. The van der Waals surface area contributed by atoms with E-state index >= 15 is 0 Å². The molecule has 40 heavy (non-hydrogen) atoms. The van der Waals surface area contributed by atoms with E-state index in [-0.39, 0.29) is 30.0 Å². The van der Waals surface area contributed by atoms with Crippen LogP contribution >= 0.6 is 0 Å². The number of unbranched alkanes of at least 4 members (excludes halogenated alkanes) is 4. The van der Waals surface area contributed by atoms with Gasteiger partial charge in [0.15, 0.2) is 0 Å². The van der Waals surface area contributed by atoms with Crippen molar-refractivity contribution in [1.29, 1.82) is 0 Å². The summed E-state index contributed by atoms with van der Waals surface area (Å²) in [4.78, 5) is 12.2. The molecule has 2 aromatic carbocycles. The molecule has 4 nitrogen and oxygen atoms in total. The van der Waals surface area contributed by atoms with Gasteiger partial charge in [-0.3, -0.25) is 0 Å². The molecule has 4 atom stereocenters. The van der Waals surface area contributed by atoms with Gasteiger partial charge >= 0.3 is 14.5 Å². The van der Waals surface area contributed by atoms with Gasteiger partial charge in [0.05, 0.1) is 19.3 Å². The summed E-state index contributed by atoms with van der Waals surface area (Å²) in [5.74, 6) is -0.332. The predicted molar refractivity (Wildman–Crippen MR) is 170 cm³/mol. The fourth-order valence-corrected chi connectivity index (χ4v) is 8.80. The molecule has 0 fully saturated rings. The molecule has 0 saturated heterocycles. The van der Waals surface area contributed by atoms with Crippen molar-refractivity contribution in [1.82, 2.24) is 0 Å². The molecule has 0 unspecified atom stereocenters. The van der Waals surface area contributed by atoms with Crippen LogP contribution in [0.3, 0.4) is 0 Å². The van der Waals surface area contributed by atoms with Gasteiger partial charge < -0.3 is 13.6 Å². The molecule has 0 aromatic heterocycles. The Kier molecular flexibility index (Phi) is 14.4. The topological polar surface area (TPSA) is 44.8 Å². The van der Waals surface area contributed by atoms with Gasteiger partial charge in [-0.25, -0.2) is 4.79 Å². The van der Waals surface area contributed by atoms with Crippen LogP contribution in [0.15, 0.2) is 97.1 Å². The molecule has 0 aliphatic heterocycles. The van der Waals surface area contributed by atoms with Crippen molar-refractivity contribution in [3.05, 3.63) is 97.1 Å². The SMILES string of the molecule is C=C[C@@H](C)[C@@H](CCCCCCC)O[Si](O[C@H](C(=C)C)[C@@H](C)/C=C(\C)C(=O)OC)(c1ccccc1)c1ccccc1. The summed E-state index contributed by atoms with van der Waals surface area (Å²) in [7, 11) is -1.89. The van der Waals surface area contributed by atoms with Crippen LogP contribution in [-0.4, -0.2) is 33.8 Å². The number of carbonyl (C=O) groups excluding carboxylic acids is 1. The van der Waals surface area contributed by atoms with Crippen molar-refractivity contribution >= 4 is 24.9 Å². The smallest absolute Gasteiger partial charge is 0.407 e. The summed E-state index contributed by atoms with van der Waals surface area (Å²) in [5, 5.41) is 2.08. The number of ether oxygens (including phenoxy) is 1. The lowest BCUT2D eigenvalue weighted by Gasteiger charge is -2.40. The standard InChI is InChI=1S/C35H50O4Si/c1-9-11-12-13-20-25-33(28(5)10-2)38-40(31-21-16-14-17-22-31,32-23-18-15-19-24-32)39-34(27(3)4)29(6)26-30(7)35(36)37-8/h10,14-19,21-24,26,28-29,33-34H,2-3,9,11-13,20,25H2,1,4-8H3/b30-26+/t28-,29+,33-,34-/m1/s1. The molecule has 2 rings (SSSR count). The molecule has 0 saturated carbocycles. The Morgan fingerprint density at radius 3 is 1.90 bits per heavy atom. The van der Waals surface area contributed by atoms with Gasteiger partial charge in [0.1, 0.15) is 0 Å². The third-order valence-electron chi connectivity index (χ3n) is 7.45. The average molecular weight is 563 g/mol. The van der Waals surface area contributed by atoms with E-state index in [1.165, 1.54) is 32.8 Å². The minimum Gasteiger partial charge on any atom is -0.466 e. The number of rotatable bonds is 18. The Balaban J connectivity index is 2.65. The normalized spacial score (nSPS) is 15.1. The summed E-state index contributed by atoms with van der Waals surface area (Å²) in [6.07, 6.45) is 10.4. The highest BCUT2D eigenvalue weighted by atomic mass is 28.4. The van der Waals surface area contributed by atoms with Crippen LogP contribution in [0.1, 0.15) is 73.1 Å². The zero-order valence-electron chi connectivity index (χ0n) is 25.5. The zero-order chi connectivity index (χ0) is 29.5. The van der Waals surface area contributed by atoms with E-state index < -0.39 is 8.56 Å². The van der Waals surface area contributed by atoms with E-state index in [9.17, 15) is 4.79 Å². The first-order valence-corrected chi connectivity index (χ1v) is 16.5. The van der Waals surface area contributed by atoms with Gasteiger partial charge in [0.25, 0.3) is 0 Å². The number of methoxy groups -OCH3 is 1. The van der Waals surface area contributed by atoms with Crippen LogP contribution < -0.4 is 10.4 Å². The van der Waals surface area contributed by atoms with E-state index in [2.05, 4.69) is 58.2 Å². The molecule has 0 N–H and O–H groups in total. The van der Waals surface area contributed by atoms with Crippen molar-refractivity contribution < 1.29 is 18.4 Å². The van der Waals surface area contributed by atoms with E-state index in [1.807, 2.05) is 55.5 Å². The Labute approximate surface area is 244 Å². The number of hydrogen-bond acceptors (Lipinski definition) is 4. The van der Waals surface area contributed by atoms with Gasteiger partial charge in [-0.1, -0.05) is 138 Å². The monoisotopic (exact) mass is 562 g/mol. The second-order valence-corrected chi connectivity index (χ2v) is 13.7. The van der Waals surface area contributed by atoms with Crippen LogP contribution in [0.4, 0.5) is 0 Å². The van der Waals surface area contributed by atoms with Crippen molar-refractivity contribution in [3.8, 4) is 0 Å². The molecule has 0 radical (unpaired) electrons. The van der Waals surface area contributed by atoms with Crippen LogP contribution in [-0.2, 0) is 18.4 Å². The number of hydrogen-bond donors (Lipinski definition) is 0. The molecular weight excluding hydrogens is 512 g/mol. The lowest BCUT2D eigenvalue weighted by molar-refractivity contribution is -0.136. The molecule has 5 heteroatoms. The quantitative estimate of drug-likeness (QED) is 0.0619. The Hall–Kier alpha value is -2.73. The fourth-order valence-electron chi connectivity index (χ4n) is 5.07. The van der Waals surface area contributed by atoms with Gasteiger partial charge in [-0.05, 0) is 36.6 Å². The maximum Gasteiger partial charge on any atom is 0.407 e.